The van der Waals surface area contributed by atoms with Crippen molar-refractivity contribution in [1.82, 2.24) is 9.80 Å². The fraction of sp³-hybridized carbons (Fsp3) is 0.409. The highest BCUT2D eigenvalue weighted by Gasteiger charge is 2.25. The maximum absolute atomic E-state index is 12.7. The Morgan fingerprint density at radius 2 is 1.81 bits per heavy atom. The summed E-state index contributed by atoms with van der Waals surface area (Å²) in [5.41, 5.74) is 3.19. The minimum absolute atomic E-state index is 0.0260. The number of rotatable bonds is 6. The summed E-state index contributed by atoms with van der Waals surface area (Å²) < 4.78 is 0. The van der Waals surface area contributed by atoms with Crippen molar-refractivity contribution in [2.24, 2.45) is 0 Å². The van der Waals surface area contributed by atoms with Gasteiger partial charge < -0.3 is 10.2 Å². The van der Waals surface area contributed by atoms with Gasteiger partial charge in [0.25, 0.3) is 0 Å². The van der Waals surface area contributed by atoms with Crippen molar-refractivity contribution in [2.75, 3.05) is 38.0 Å². The predicted molar refractivity (Wildman–Crippen MR) is 112 cm³/mol. The highest BCUT2D eigenvalue weighted by atomic mass is 35.5. The number of halogens is 1. The first-order valence-electron chi connectivity index (χ1n) is 9.60. The van der Waals surface area contributed by atoms with Crippen LogP contribution in [0.2, 0.25) is 5.02 Å². The molecular weight excluding hydrogens is 358 g/mol. The minimum atomic E-state index is -0.153. The fourth-order valence-corrected chi connectivity index (χ4v) is 3.61. The number of benzene rings is 2. The molecule has 0 aliphatic carbocycles. The molecule has 1 N–H and O–H groups in total. The highest BCUT2D eigenvalue weighted by molar-refractivity contribution is 6.31. The van der Waals surface area contributed by atoms with E-state index in [2.05, 4.69) is 45.4 Å². The molecule has 1 amide bonds. The maximum Gasteiger partial charge on any atom is 0.241 e. The van der Waals surface area contributed by atoms with Crippen molar-refractivity contribution in [3.63, 3.8) is 0 Å². The molecule has 0 saturated carbocycles. The van der Waals surface area contributed by atoms with Crippen molar-refractivity contribution in [3.05, 3.63) is 64.7 Å². The summed E-state index contributed by atoms with van der Waals surface area (Å²) >= 11 is 6.05. The molecular formula is C22H28ClN3O. The third kappa shape index (κ3) is 5.55. The van der Waals surface area contributed by atoms with Crippen LogP contribution in [0.5, 0.6) is 0 Å². The van der Waals surface area contributed by atoms with Gasteiger partial charge in [0.1, 0.15) is 0 Å². The van der Waals surface area contributed by atoms with Gasteiger partial charge in [0.2, 0.25) is 5.91 Å². The number of amides is 1. The maximum atomic E-state index is 12.7. The van der Waals surface area contributed by atoms with Crippen LogP contribution in [-0.4, -0.2) is 54.5 Å². The van der Waals surface area contributed by atoms with E-state index in [1.807, 2.05) is 32.0 Å². The molecule has 27 heavy (non-hydrogen) atoms. The van der Waals surface area contributed by atoms with Gasteiger partial charge in [0.05, 0.1) is 6.04 Å². The molecule has 1 aliphatic rings. The molecule has 0 aromatic heterocycles. The Kier molecular flexibility index (Phi) is 6.89. The van der Waals surface area contributed by atoms with Crippen molar-refractivity contribution < 1.29 is 4.79 Å². The molecule has 4 nitrogen and oxygen atoms in total. The van der Waals surface area contributed by atoms with E-state index in [1.54, 1.807) is 0 Å². The van der Waals surface area contributed by atoms with Gasteiger partial charge in [-0.2, -0.15) is 0 Å². The lowest BCUT2D eigenvalue weighted by molar-refractivity contribution is -0.121. The van der Waals surface area contributed by atoms with E-state index in [0.717, 1.165) is 50.4 Å². The molecule has 2 aromatic rings. The van der Waals surface area contributed by atoms with Crippen LogP contribution in [0, 0.1) is 6.92 Å². The smallest absolute Gasteiger partial charge is 0.241 e. The summed E-state index contributed by atoms with van der Waals surface area (Å²) in [6.07, 6.45) is 1.07. The average Bonchev–Trinajstić information content (AvgIpc) is 2.70. The quantitative estimate of drug-likeness (QED) is 0.820. The fourth-order valence-electron chi connectivity index (χ4n) is 3.44. The zero-order valence-electron chi connectivity index (χ0n) is 16.1. The van der Waals surface area contributed by atoms with Gasteiger partial charge in [0, 0.05) is 43.4 Å². The van der Waals surface area contributed by atoms with E-state index in [4.69, 9.17) is 11.6 Å². The van der Waals surface area contributed by atoms with Crippen LogP contribution in [0.3, 0.4) is 0 Å². The summed E-state index contributed by atoms with van der Waals surface area (Å²) in [6, 6.07) is 16.0. The molecule has 0 radical (unpaired) electrons. The molecule has 0 bridgehead atoms. The summed E-state index contributed by atoms with van der Waals surface area (Å²) in [7, 11) is 0. The zero-order chi connectivity index (χ0) is 19.2. The number of nitrogens with one attached hydrogen (secondary N) is 1. The number of aryl methyl sites for hydroxylation is 1. The second kappa shape index (κ2) is 9.36. The van der Waals surface area contributed by atoms with E-state index in [-0.39, 0.29) is 11.9 Å². The predicted octanol–water partition coefficient (Wildman–Crippen LogP) is 3.84. The molecule has 1 fully saturated rings. The first kappa shape index (κ1) is 19.9. The molecule has 2 aromatic carbocycles. The van der Waals surface area contributed by atoms with Gasteiger partial charge in [-0.15, -0.1) is 0 Å². The number of hydrogen-bond donors (Lipinski definition) is 1. The Balaban J connectivity index is 1.47. The number of nitrogens with zero attached hydrogens (tertiary/aromatic N) is 2. The summed E-state index contributed by atoms with van der Waals surface area (Å²) in [6.45, 7) is 8.86. The van der Waals surface area contributed by atoms with Gasteiger partial charge in [-0.05, 0) is 43.5 Å². The first-order chi connectivity index (χ1) is 13.0. The molecule has 3 rings (SSSR count). The molecule has 1 saturated heterocycles. The van der Waals surface area contributed by atoms with E-state index < -0.39 is 0 Å². The average molecular weight is 386 g/mol. The normalized spacial score (nSPS) is 16.9. The molecule has 1 atom stereocenters. The molecule has 1 unspecified atom stereocenters. The van der Waals surface area contributed by atoms with Crippen LogP contribution in [-0.2, 0) is 11.2 Å². The molecule has 5 heteroatoms. The third-order valence-corrected chi connectivity index (χ3v) is 5.59. The lowest BCUT2D eigenvalue weighted by Gasteiger charge is -2.37. The van der Waals surface area contributed by atoms with Gasteiger partial charge in [-0.1, -0.05) is 48.0 Å². The van der Waals surface area contributed by atoms with E-state index in [9.17, 15) is 4.79 Å². The first-order valence-corrected chi connectivity index (χ1v) is 9.98. The largest absolute Gasteiger partial charge is 0.324 e. The monoisotopic (exact) mass is 385 g/mol. The third-order valence-electron chi connectivity index (χ3n) is 5.35. The number of carbonyl (C=O) groups excluding carboxylic acids is 1. The highest BCUT2D eigenvalue weighted by Crippen LogP contribution is 2.21. The Labute approximate surface area is 167 Å². The van der Waals surface area contributed by atoms with Crippen molar-refractivity contribution >= 4 is 23.2 Å². The molecule has 144 valence electrons. The number of hydrogen-bond acceptors (Lipinski definition) is 3. The second-order valence-electron chi connectivity index (χ2n) is 7.24. The van der Waals surface area contributed by atoms with Crippen LogP contribution < -0.4 is 5.32 Å². The summed E-state index contributed by atoms with van der Waals surface area (Å²) in [4.78, 5) is 17.4. The van der Waals surface area contributed by atoms with Crippen LogP contribution in [0.4, 0.5) is 5.69 Å². The van der Waals surface area contributed by atoms with E-state index in [1.165, 1.54) is 5.56 Å². The Morgan fingerprint density at radius 1 is 1.11 bits per heavy atom. The lowest BCUT2D eigenvalue weighted by atomic mass is 10.1. The van der Waals surface area contributed by atoms with Crippen molar-refractivity contribution in [1.29, 1.82) is 0 Å². The minimum Gasteiger partial charge on any atom is -0.324 e. The van der Waals surface area contributed by atoms with Crippen LogP contribution in [0.25, 0.3) is 0 Å². The van der Waals surface area contributed by atoms with E-state index in [0.29, 0.717) is 5.02 Å². The van der Waals surface area contributed by atoms with Gasteiger partial charge in [0.15, 0.2) is 0 Å². The summed E-state index contributed by atoms with van der Waals surface area (Å²) in [5, 5.41) is 3.66. The van der Waals surface area contributed by atoms with Crippen LogP contribution in [0.15, 0.2) is 48.5 Å². The standard InChI is InChI=1S/C22H28ClN3O/c1-17-8-9-20(23)16-21(17)24-22(27)18(2)26-14-12-25(13-15-26)11-10-19-6-4-3-5-7-19/h3-9,16,18H,10-15H2,1-2H3,(H,24,27). The van der Waals surface area contributed by atoms with E-state index >= 15 is 0 Å². The number of carbonyl (C=O) groups is 1. The summed E-state index contributed by atoms with van der Waals surface area (Å²) in [5.74, 6) is 0.0260. The lowest BCUT2D eigenvalue weighted by Crippen LogP contribution is -2.53. The zero-order valence-corrected chi connectivity index (χ0v) is 16.9. The second-order valence-corrected chi connectivity index (χ2v) is 7.67. The number of piperazine rings is 1. The van der Waals surface area contributed by atoms with Crippen LogP contribution in [0.1, 0.15) is 18.1 Å². The van der Waals surface area contributed by atoms with Crippen molar-refractivity contribution in [2.45, 2.75) is 26.3 Å². The van der Waals surface area contributed by atoms with Crippen LogP contribution >= 0.6 is 11.6 Å². The van der Waals surface area contributed by atoms with Gasteiger partial charge in [-0.3, -0.25) is 9.69 Å². The van der Waals surface area contributed by atoms with Gasteiger partial charge in [-0.25, -0.2) is 0 Å². The SMILES string of the molecule is Cc1ccc(Cl)cc1NC(=O)C(C)N1CCN(CCc2ccccc2)CC1. The molecule has 0 spiro atoms. The Morgan fingerprint density at radius 3 is 2.52 bits per heavy atom. The Bertz CT molecular complexity index is 757. The number of anilines is 1. The molecule has 1 aliphatic heterocycles. The van der Waals surface area contributed by atoms with Crippen molar-refractivity contribution in [3.8, 4) is 0 Å². The molecule has 1 heterocycles. The van der Waals surface area contributed by atoms with Gasteiger partial charge >= 0.3 is 0 Å². The Hall–Kier alpha value is -1.88. The topological polar surface area (TPSA) is 35.6 Å².